The Kier molecular flexibility index (Phi) is 2.64. The smallest absolute Gasteiger partial charge is 0.228 e. The molecule has 0 unspecified atom stereocenters. The Balaban J connectivity index is 1.81. The van der Waals surface area contributed by atoms with Crippen LogP contribution in [0.1, 0.15) is 22.6 Å². The molecule has 1 aliphatic rings. The molecule has 3 rings (SSSR count). The van der Waals surface area contributed by atoms with Crippen molar-refractivity contribution in [2.24, 2.45) is 5.73 Å². The van der Waals surface area contributed by atoms with E-state index in [0.29, 0.717) is 13.0 Å². The van der Waals surface area contributed by atoms with Crippen LogP contribution in [-0.2, 0) is 24.2 Å². The molecule has 1 aromatic heterocycles. The second kappa shape index (κ2) is 4.31. The largest absolute Gasteiger partial charge is 0.464 e. The van der Waals surface area contributed by atoms with Gasteiger partial charge < -0.3 is 15.5 Å². The standard InChI is InChI=1S/C14H14N2O2/c15-8-12-3-2-11(18-12)6-9-1-4-13-10(5-9)7-14(17)16-13/h1-5H,6-8,15H2,(H,16,17). The summed E-state index contributed by atoms with van der Waals surface area (Å²) in [6.07, 6.45) is 1.19. The molecule has 0 spiro atoms. The average Bonchev–Trinajstić information content (AvgIpc) is 2.94. The van der Waals surface area contributed by atoms with Crippen LogP contribution in [0.2, 0.25) is 0 Å². The molecule has 0 radical (unpaired) electrons. The van der Waals surface area contributed by atoms with Crippen molar-refractivity contribution in [1.29, 1.82) is 0 Å². The maximum absolute atomic E-state index is 11.3. The molecule has 2 aromatic rings. The molecule has 3 N–H and O–H groups in total. The van der Waals surface area contributed by atoms with Crippen molar-refractivity contribution in [1.82, 2.24) is 0 Å². The van der Waals surface area contributed by atoms with Crippen molar-refractivity contribution < 1.29 is 9.21 Å². The van der Waals surface area contributed by atoms with Crippen LogP contribution in [0, 0.1) is 0 Å². The average molecular weight is 242 g/mol. The van der Waals surface area contributed by atoms with E-state index in [2.05, 4.69) is 11.4 Å². The van der Waals surface area contributed by atoms with E-state index >= 15 is 0 Å². The molecular weight excluding hydrogens is 228 g/mol. The van der Waals surface area contributed by atoms with Crippen LogP contribution in [0.5, 0.6) is 0 Å². The van der Waals surface area contributed by atoms with Crippen molar-refractivity contribution in [2.75, 3.05) is 5.32 Å². The third-order valence-electron chi connectivity index (χ3n) is 3.09. The third-order valence-corrected chi connectivity index (χ3v) is 3.09. The number of furan rings is 1. The summed E-state index contributed by atoms with van der Waals surface area (Å²) in [5.74, 6) is 1.75. The third kappa shape index (κ3) is 2.02. The van der Waals surface area contributed by atoms with Gasteiger partial charge in [-0.05, 0) is 29.3 Å². The van der Waals surface area contributed by atoms with Crippen LogP contribution in [0.3, 0.4) is 0 Å². The second-order valence-corrected chi connectivity index (χ2v) is 4.47. The van der Waals surface area contributed by atoms with Crippen LogP contribution in [0.4, 0.5) is 5.69 Å². The number of benzene rings is 1. The van der Waals surface area contributed by atoms with Crippen LogP contribution in [0.25, 0.3) is 0 Å². The van der Waals surface area contributed by atoms with Gasteiger partial charge in [-0.3, -0.25) is 4.79 Å². The van der Waals surface area contributed by atoms with E-state index in [1.165, 1.54) is 0 Å². The number of hydrogen-bond acceptors (Lipinski definition) is 3. The van der Waals surface area contributed by atoms with E-state index in [9.17, 15) is 4.79 Å². The topological polar surface area (TPSA) is 68.3 Å². The van der Waals surface area contributed by atoms with Gasteiger partial charge in [-0.25, -0.2) is 0 Å². The van der Waals surface area contributed by atoms with Crippen molar-refractivity contribution >= 4 is 11.6 Å². The van der Waals surface area contributed by atoms with Gasteiger partial charge in [0.05, 0.1) is 13.0 Å². The highest BCUT2D eigenvalue weighted by Crippen LogP contribution is 2.25. The minimum absolute atomic E-state index is 0.0607. The van der Waals surface area contributed by atoms with Crippen LogP contribution < -0.4 is 11.1 Å². The van der Waals surface area contributed by atoms with Gasteiger partial charge in [0, 0.05) is 12.1 Å². The number of nitrogens with two attached hydrogens (primary N) is 1. The van der Waals surface area contributed by atoms with E-state index in [4.69, 9.17) is 10.2 Å². The number of carbonyl (C=O) groups excluding carboxylic acids is 1. The van der Waals surface area contributed by atoms with Crippen molar-refractivity contribution in [3.05, 3.63) is 53.0 Å². The SMILES string of the molecule is NCc1ccc(Cc2ccc3c(c2)CC(=O)N3)o1. The van der Waals surface area contributed by atoms with Gasteiger partial charge in [0.15, 0.2) is 0 Å². The summed E-state index contributed by atoms with van der Waals surface area (Å²) >= 11 is 0. The molecule has 0 atom stereocenters. The fourth-order valence-electron chi connectivity index (χ4n) is 2.22. The zero-order valence-electron chi connectivity index (χ0n) is 9.90. The number of anilines is 1. The first-order chi connectivity index (χ1) is 8.74. The van der Waals surface area contributed by atoms with Crippen LogP contribution >= 0.6 is 0 Å². The lowest BCUT2D eigenvalue weighted by Gasteiger charge is -2.02. The Labute approximate surface area is 105 Å². The molecule has 1 amide bonds. The van der Waals surface area contributed by atoms with Gasteiger partial charge in [-0.2, -0.15) is 0 Å². The molecular formula is C14H14N2O2. The molecule has 0 saturated carbocycles. The number of hydrogen-bond donors (Lipinski definition) is 2. The van der Waals surface area contributed by atoms with E-state index in [1.54, 1.807) is 0 Å². The van der Waals surface area contributed by atoms with Crippen molar-refractivity contribution in [3.8, 4) is 0 Å². The number of amides is 1. The summed E-state index contributed by atoms with van der Waals surface area (Å²) in [5.41, 5.74) is 8.63. The Bertz CT molecular complexity index is 602. The molecule has 1 aromatic carbocycles. The van der Waals surface area contributed by atoms with Gasteiger partial charge >= 0.3 is 0 Å². The van der Waals surface area contributed by atoms with Gasteiger partial charge in [-0.15, -0.1) is 0 Å². The number of rotatable bonds is 3. The lowest BCUT2D eigenvalue weighted by molar-refractivity contribution is -0.115. The molecule has 92 valence electrons. The molecule has 0 bridgehead atoms. The number of nitrogens with one attached hydrogen (secondary N) is 1. The maximum Gasteiger partial charge on any atom is 0.228 e. The molecule has 1 aliphatic heterocycles. The van der Waals surface area contributed by atoms with Gasteiger partial charge in [0.1, 0.15) is 11.5 Å². The molecule has 4 heteroatoms. The fourth-order valence-corrected chi connectivity index (χ4v) is 2.22. The van der Waals surface area contributed by atoms with Crippen molar-refractivity contribution in [3.63, 3.8) is 0 Å². The normalized spacial score (nSPS) is 13.5. The minimum atomic E-state index is 0.0607. The van der Waals surface area contributed by atoms with Crippen molar-refractivity contribution in [2.45, 2.75) is 19.4 Å². The first-order valence-corrected chi connectivity index (χ1v) is 5.94. The quantitative estimate of drug-likeness (QED) is 0.862. The van der Waals surface area contributed by atoms with Crippen LogP contribution in [0.15, 0.2) is 34.7 Å². The predicted octanol–water partition coefficient (Wildman–Crippen LogP) is 1.82. The van der Waals surface area contributed by atoms with E-state index in [0.717, 1.165) is 34.8 Å². The van der Waals surface area contributed by atoms with Gasteiger partial charge in [-0.1, -0.05) is 12.1 Å². The summed E-state index contributed by atoms with van der Waals surface area (Å²) in [6.45, 7) is 0.419. The Hall–Kier alpha value is -2.07. The summed E-state index contributed by atoms with van der Waals surface area (Å²) in [5, 5.41) is 2.82. The first kappa shape index (κ1) is 11.0. The van der Waals surface area contributed by atoms with Gasteiger partial charge in [0.25, 0.3) is 0 Å². The number of carbonyl (C=O) groups is 1. The van der Waals surface area contributed by atoms with Gasteiger partial charge in [0.2, 0.25) is 5.91 Å². The Morgan fingerprint density at radius 3 is 2.83 bits per heavy atom. The van der Waals surface area contributed by atoms with Crippen LogP contribution in [-0.4, -0.2) is 5.91 Å². The summed E-state index contributed by atoms with van der Waals surface area (Å²) in [4.78, 5) is 11.3. The highest BCUT2D eigenvalue weighted by Gasteiger charge is 2.17. The summed E-state index contributed by atoms with van der Waals surface area (Å²) < 4.78 is 5.57. The second-order valence-electron chi connectivity index (χ2n) is 4.47. The molecule has 18 heavy (non-hydrogen) atoms. The number of fused-ring (bicyclic) bond motifs is 1. The molecule has 0 aliphatic carbocycles. The Morgan fingerprint density at radius 2 is 2.06 bits per heavy atom. The summed E-state index contributed by atoms with van der Waals surface area (Å²) in [6, 6.07) is 9.85. The fraction of sp³-hybridized carbons (Fsp3) is 0.214. The molecule has 0 fully saturated rings. The first-order valence-electron chi connectivity index (χ1n) is 5.94. The van der Waals surface area contributed by atoms with E-state index in [-0.39, 0.29) is 5.91 Å². The minimum Gasteiger partial charge on any atom is -0.464 e. The zero-order chi connectivity index (χ0) is 12.5. The Morgan fingerprint density at radius 1 is 1.22 bits per heavy atom. The maximum atomic E-state index is 11.3. The lowest BCUT2D eigenvalue weighted by Crippen LogP contribution is -2.03. The lowest BCUT2D eigenvalue weighted by atomic mass is 10.1. The highest BCUT2D eigenvalue weighted by atomic mass is 16.3. The molecule has 2 heterocycles. The zero-order valence-corrected chi connectivity index (χ0v) is 9.90. The van der Waals surface area contributed by atoms with E-state index in [1.807, 2.05) is 24.3 Å². The molecule has 4 nitrogen and oxygen atoms in total. The highest BCUT2D eigenvalue weighted by molar-refractivity contribution is 5.99. The van der Waals surface area contributed by atoms with E-state index < -0.39 is 0 Å². The predicted molar refractivity (Wildman–Crippen MR) is 68.2 cm³/mol. The molecule has 0 saturated heterocycles. The summed E-state index contributed by atoms with van der Waals surface area (Å²) in [7, 11) is 0. The monoisotopic (exact) mass is 242 g/mol.